The minimum Gasteiger partial charge on any atom is -0.455 e. The van der Waals surface area contributed by atoms with Gasteiger partial charge in [-0.05, 0) is 229 Å². The molecule has 2 aliphatic carbocycles. The van der Waals surface area contributed by atoms with Gasteiger partial charge in [-0.1, -0.05) is 479 Å². The van der Waals surface area contributed by atoms with Gasteiger partial charge in [0.1, 0.15) is 22.3 Å². The second kappa shape index (κ2) is 35.6. The van der Waals surface area contributed by atoms with E-state index in [4.69, 9.17) is 8.83 Å². The van der Waals surface area contributed by atoms with Crippen molar-refractivity contribution < 1.29 is 8.83 Å². The summed E-state index contributed by atoms with van der Waals surface area (Å²) >= 11 is 0. The molecule has 23 aromatic carbocycles. The third kappa shape index (κ3) is 14.3. The molecular formula is C138H92N2O2. The Bertz CT molecular complexity index is 8960. The predicted octanol–water partition coefficient (Wildman–Crippen LogP) is 37.3. The minimum absolute atomic E-state index is 0.468. The molecule has 0 unspecified atom stereocenters. The first-order valence-electron chi connectivity index (χ1n) is 48.9. The van der Waals surface area contributed by atoms with Crippen molar-refractivity contribution in [1.82, 2.24) is 0 Å². The van der Waals surface area contributed by atoms with Crippen LogP contribution in [-0.4, -0.2) is 0 Å². The van der Waals surface area contributed by atoms with Crippen LogP contribution in [0.3, 0.4) is 0 Å². The lowest BCUT2D eigenvalue weighted by molar-refractivity contribution is 0.669. The number of benzene rings is 23. The van der Waals surface area contributed by atoms with Crippen molar-refractivity contribution in [2.45, 2.75) is 10.8 Å². The second-order valence-corrected chi connectivity index (χ2v) is 37.0. The Morgan fingerprint density at radius 3 is 0.908 bits per heavy atom. The first kappa shape index (κ1) is 84.1. The quantitative estimate of drug-likeness (QED) is 0.0857. The highest BCUT2D eigenvalue weighted by molar-refractivity contribution is 6.12. The Morgan fingerprint density at radius 1 is 0.155 bits per heavy atom. The molecule has 0 saturated carbocycles. The summed E-state index contributed by atoms with van der Waals surface area (Å²) < 4.78 is 13.2. The highest BCUT2D eigenvalue weighted by Crippen LogP contribution is 2.61. The SMILES string of the molecule is c1ccc(-c2ccc(-c3ccccc3N(c3ccc(-c4cccc5c4-c4ccccc4C5(c4ccccc4)c4ccccc4)cc3)c3cccc(-c4cccc5c4oc4ccccc45)c3)cc2)cc1.c1ccc(C2(c3ccccc3)c3ccccc3-c3c(-c4ccc(N(c5ccc(-c6ccc(-c7cccc8ccccc78)cc6)cc5)c5cccc(-c6cccc7c6oc6ccccc67)c5)cc4)cccc32)cc1. The van der Waals surface area contributed by atoms with Crippen LogP contribution < -0.4 is 9.80 Å². The van der Waals surface area contributed by atoms with E-state index >= 15 is 0 Å². The van der Waals surface area contributed by atoms with Crippen LogP contribution in [-0.2, 0) is 10.8 Å². The predicted molar refractivity (Wildman–Crippen MR) is 592 cm³/mol. The number of nitrogens with zero attached hydrogens (tertiary/aromatic N) is 2. The van der Waals surface area contributed by atoms with Gasteiger partial charge in [0, 0.05) is 66.7 Å². The summed E-state index contributed by atoms with van der Waals surface area (Å²) in [5, 5.41) is 6.99. The third-order valence-electron chi connectivity index (χ3n) is 29.4. The molecule has 0 radical (unpaired) electrons. The summed E-state index contributed by atoms with van der Waals surface area (Å²) in [7, 11) is 0. The summed E-state index contributed by atoms with van der Waals surface area (Å²) in [4.78, 5) is 4.78. The van der Waals surface area contributed by atoms with E-state index in [1.807, 2.05) is 12.1 Å². The lowest BCUT2D eigenvalue weighted by Crippen LogP contribution is -2.28. The minimum atomic E-state index is -0.470. The molecule has 0 N–H and O–H groups in total. The van der Waals surface area contributed by atoms with E-state index in [-0.39, 0.29) is 0 Å². The van der Waals surface area contributed by atoms with Gasteiger partial charge in [0.2, 0.25) is 0 Å². The summed E-state index contributed by atoms with van der Waals surface area (Å²) in [6, 6.07) is 203. The van der Waals surface area contributed by atoms with Crippen molar-refractivity contribution in [3.63, 3.8) is 0 Å². The molecule has 0 saturated heterocycles. The monoisotopic (exact) mass is 1810 g/mol. The molecule has 2 aliphatic rings. The van der Waals surface area contributed by atoms with Gasteiger partial charge in [-0.15, -0.1) is 0 Å². The van der Waals surface area contributed by atoms with E-state index in [1.54, 1.807) is 0 Å². The van der Waals surface area contributed by atoms with Crippen LogP contribution in [0, 0.1) is 0 Å². The molecule has 2 aromatic heterocycles. The number of fused-ring (bicyclic) bond motifs is 13. The Labute approximate surface area is 826 Å². The zero-order valence-electron chi connectivity index (χ0n) is 77.8. The van der Waals surface area contributed by atoms with Crippen molar-refractivity contribution >= 4 is 88.8 Å². The lowest BCUT2D eigenvalue weighted by atomic mass is 9.67. The van der Waals surface area contributed by atoms with Crippen LogP contribution in [0.25, 0.3) is 166 Å². The normalized spacial score (nSPS) is 12.5. The van der Waals surface area contributed by atoms with E-state index in [1.165, 1.54) is 122 Å². The van der Waals surface area contributed by atoms with E-state index in [0.717, 1.165) is 123 Å². The van der Waals surface area contributed by atoms with Gasteiger partial charge < -0.3 is 18.6 Å². The summed E-state index contributed by atoms with van der Waals surface area (Å²) in [5.74, 6) is 0. The number of para-hydroxylation sites is 5. The van der Waals surface area contributed by atoms with Gasteiger partial charge in [0.05, 0.1) is 16.5 Å². The van der Waals surface area contributed by atoms with Crippen LogP contribution in [0.15, 0.2) is 567 Å². The molecule has 0 atom stereocenters. The highest BCUT2D eigenvalue weighted by atomic mass is 16.3. The molecule has 0 amide bonds. The summed E-state index contributed by atoms with van der Waals surface area (Å²) in [6.45, 7) is 0. The molecule has 4 nitrogen and oxygen atoms in total. The van der Waals surface area contributed by atoms with Crippen LogP contribution in [0.5, 0.6) is 0 Å². The van der Waals surface area contributed by atoms with Crippen molar-refractivity contribution in [2.75, 3.05) is 9.80 Å². The topological polar surface area (TPSA) is 32.8 Å². The maximum atomic E-state index is 6.58. The number of furan rings is 2. The third-order valence-corrected chi connectivity index (χ3v) is 29.4. The molecule has 27 rings (SSSR count). The number of hydrogen-bond donors (Lipinski definition) is 0. The summed E-state index contributed by atoms with van der Waals surface area (Å²) in [5.41, 5.74) is 42.9. The second-order valence-electron chi connectivity index (χ2n) is 37.0. The summed E-state index contributed by atoms with van der Waals surface area (Å²) in [6.07, 6.45) is 0. The van der Waals surface area contributed by atoms with Gasteiger partial charge in [-0.2, -0.15) is 0 Å². The van der Waals surface area contributed by atoms with E-state index in [0.29, 0.717) is 0 Å². The van der Waals surface area contributed by atoms with Gasteiger partial charge in [-0.25, -0.2) is 0 Å². The molecule has 142 heavy (non-hydrogen) atoms. The Balaban J connectivity index is 0.000000146. The lowest BCUT2D eigenvalue weighted by Gasteiger charge is -2.34. The van der Waals surface area contributed by atoms with Crippen LogP contribution in [0.4, 0.5) is 34.1 Å². The van der Waals surface area contributed by atoms with Crippen molar-refractivity contribution in [1.29, 1.82) is 0 Å². The van der Waals surface area contributed by atoms with Crippen molar-refractivity contribution in [3.05, 3.63) is 603 Å². The Kier molecular flexibility index (Phi) is 21.1. The number of rotatable bonds is 18. The Hall–Kier alpha value is -18.5. The molecule has 0 fully saturated rings. The molecule has 0 spiro atoms. The largest absolute Gasteiger partial charge is 0.455 e. The average molecular weight is 1810 g/mol. The van der Waals surface area contributed by atoms with E-state index < -0.39 is 10.8 Å². The van der Waals surface area contributed by atoms with Gasteiger partial charge in [0.15, 0.2) is 0 Å². The fourth-order valence-electron chi connectivity index (χ4n) is 23.0. The van der Waals surface area contributed by atoms with Gasteiger partial charge >= 0.3 is 0 Å². The van der Waals surface area contributed by atoms with Crippen LogP contribution >= 0.6 is 0 Å². The van der Waals surface area contributed by atoms with E-state index in [9.17, 15) is 0 Å². The highest BCUT2D eigenvalue weighted by Gasteiger charge is 2.49. The Morgan fingerprint density at radius 2 is 0.437 bits per heavy atom. The fourth-order valence-corrected chi connectivity index (χ4v) is 23.0. The first-order valence-corrected chi connectivity index (χ1v) is 48.9. The number of anilines is 6. The van der Waals surface area contributed by atoms with Gasteiger partial charge in [-0.3, -0.25) is 0 Å². The zero-order chi connectivity index (χ0) is 94.0. The maximum Gasteiger partial charge on any atom is 0.143 e. The number of hydrogen-bond acceptors (Lipinski definition) is 4. The molecule has 4 heteroatoms. The van der Waals surface area contributed by atoms with E-state index in [2.05, 4.69) is 556 Å². The molecule has 666 valence electrons. The molecule has 25 aromatic rings. The zero-order valence-corrected chi connectivity index (χ0v) is 77.8. The van der Waals surface area contributed by atoms with Gasteiger partial charge in [0.25, 0.3) is 0 Å². The average Bonchev–Trinajstić information content (AvgIpc) is 1.53. The smallest absolute Gasteiger partial charge is 0.143 e. The first-order chi connectivity index (χ1) is 70.4. The molecule has 2 heterocycles. The van der Waals surface area contributed by atoms with Crippen LogP contribution in [0.2, 0.25) is 0 Å². The van der Waals surface area contributed by atoms with Crippen molar-refractivity contribution in [3.8, 4) is 111 Å². The maximum absolute atomic E-state index is 6.58. The standard InChI is InChI=1S/C71H47NO.C67H45NO/c1-3-20-54(21-4-1)71(55-22-5-2-6-23-55)66-32-11-9-27-65(66)69-61(29-16-33-67(69)71)52-41-45-57(46-42-52)72(58-24-13-19-53(47-58)62-30-15-31-64-63-26-10-12-34-68(63)73-70(62)64)56-43-39-49(40-44-56)48-35-37-51(38-36-48)60-28-14-18-50-17-7-8-25-59(50)60;1-4-19-46(20-5-1)47-37-39-48(40-38-47)55-27-11-14-35-63(55)68(54-26-16-21-50(45-54)57-31-17-32-59-58-28-12-15-36-64(58)69-66(57)59)53-43-41-49(42-44-53)56-30-18-34-62-65(56)60-29-10-13-33-61(60)67(62,51-22-6-2-7-23-51)52-24-8-3-9-25-52/h1-47H;1-45H. The van der Waals surface area contributed by atoms with Crippen molar-refractivity contribution in [2.24, 2.45) is 0 Å². The molecule has 0 bridgehead atoms. The molecular weight excluding hydrogens is 1720 g/mol. The fraction of sp³-hybridized carbons (Fsp3) is 0.0145. The molecule has 0 aliphatic heterocycles. The van der Waals surface area contributed by atoms with Crippen LogP contribution in [0.1, 0.15) is 44.5 Å².